The van der Waals surface area contributed by atoms with Crippen LogP contribution in [0.15, 0.2) is 45.4 Å². The summed E-state index contributed by atoms with van der Waals surface area (Å²) in [7, 11) is 1.75. The highest BCUT2D eigenvalue weighted by atomic mass is 32.2. The van der Waals surface area contributed by atoms with Gasteiger partial charge in [-0.2, -0.15) is 0 Å². The summed E-state index contributed by atoms with van der Waals surface area (Å²) in [5.41, 5.74) is 2.39. The summed E-state index contributed by atoms with van der Waals surface area (Å²) < 4.78 is 5.98. The van der Waals surface area contributed by atoms with Crippen LogP contribution in [0, 0.1) is 0 Å². The highest BCUT2D eigenvalue weighted by molar-refractivity contribution is 8.01. The number of nitrogens with one attached hydrogen (secondary N) is 1. The van der Waals surface area contributed by atoms with Gasteiger partial charge in [0.25, 0.3) is 0 Å². The largest absolute Gasteiger partial charge is 0.467 e. The fourth-order valence-corrected chi connectivity index (χ4v) is 4.41. The molecule has 0 saturated carbocycles. The number of Topliss-reactive ketones (excluding diaryl/α,β-unsaturated/α-hetero) is 1. The quantitative estimate of drug-likeness (QED) is 0.481. The van der Waals surface area contributed by atoms with E-state index in [9.17, 15) is 9.59 Å². The van der Waals surface area contributed by atoms with E-state index in [1.165, 1.54) is 23.1 Å². The minimum Gasteiger partial charge on any atom is -0.467 e. The van der Waals surface area contributed by atoms with Gasteiger partial charge in [-0.05, 0) is 35.9 Å². The third-order valence-corrected chi connectivity index (χ3v) is 6.22. The Kier molecular flexibility index (Phi) is 4.95. The number of fused-ring (bicyclic) bond motifs is 1. The number of carbonyl (C=O) groups excluding carboxylic acids is 2. The minimum absolute atomic E-state index is 0.00472. The maximum absolute atomic E-state index is 12.5. The topological polar surface area (TPSA) is 88.3 Å². The first-order valence-electron chi connectivity index (χ1n) is 8.25. The molecule has 0 atom stereocenters. The van der Waals surface area contributed by atoms with Crippen molar-refractivity contribution in [2.45, 2.75) is 17.3 Å². The molecule has 9 heteroatoms. The van der Waals surface area contributed by atoms with Gasteiger partial charge >= 0.3 is 0 Å². The third kappa shape index (κ3) is 3.88. The molecule has 1 aromatic carbocycles. The fourth-order valence-electron chi connectivity index (χ4n) is 2.77. The number of aromatic nitrogens is 2. The Bertz CT molecular complexity index is 984. The molecule has 2 aromatic heterocycles. The third-order valence-electron chi connectivity index (χ3n) is 4.21. The van der Waals surface area contributed by atoms with Crippen LogP contribution < -0.4 is 10.2 Å². The average molecular weight is 400 g/mol. The average Bonchev–Trinajstić information content (AvgIpc) is 3.40. The molecule has 0 fully saturated rings. The van der Waals surface area contributed by atoms with Gasteiger partial charge in [-0.1, -0.05) is 23.1 Å². The van der Waals surface area contributed by atoms with Gasteiger partial charge in [0, 0.05) is 18.3 Å². The molecule has 0 unspecified atom stereocenters. The zero-order chi connectivity index (χ0) is 18.8. The summed E-state index contributed by atoms with van der Waals surface area (Å²) in [6.07, 6.45) is 1.97. The van der Waals surface area contributed by atoms with Crippen molar-refractivity contribution < 1.29 is 14.0 Å². The van der Waals surface area contributed by atoms with E-state index in [1.807, 2.05) is 24.3 Å². The van der Waals surface area contributed by atoms with Crippen LogP contribution in [0.2, 0.25) is 0 Å². The summed E-state index contributed by atoms with van der Waals surface area (Å²) in [5.74, 6) is 1.14. The molecule has 1 N–H and O–H groups in total. The van der Waals surface area contributed by atoms with Crippen molar-refractivity contribution >= 4 is 45.6 Å². The van der Waals surface area contributed by atoms with E-state index in [0.29, 0.717) is 23.7 Å². The standard InChI is InChI=1S/C18H16N4O3S2/c1-22-14-5-4-11(7-12(14)8-16(22)24)15(23)10-26-18-21-20-17(27-18)19-9-13-3-2-6-25-13/h2-7H,8-10H2,1H3,(H,19,20). The summed E-state index contributed by atoms with van der Waals surface area (Å²) in [4.78, 5) is 25.9. The number of hydrogen-bond acceptors (Lipinski definition) is 8. The number of anilines is 2. The number of likely N-dealkylation sites (N-methyl/N-ethyl adjacent to an activating group) is 1. The van der Waals surface area contributed by atoms with Crippen molar-refractivity contribution in [1.82, 2.24) is 10.2 Å². The Labute approximate surface area is 163 Å². The van der Waals surface area contributed by atoms with Crippen molar-refractivity contribution in [3.8, 4) is 0 Å². The number of carbonyl (C=O) groups is 2. The molecule has 3 heterocycles. The summed E-state index contributed by atoms with van der Waals surface area (Å²) in [6, 6.07) is 9.13. The van der Waals surface area contributed by atoms with Crippen molar-refractivity contribution in [3.05, 3.63) is 53.5 Å². The van der Waals surface area contributed by atoms with Gasteiger partial charge in [-0.15, -0.1) is 10.2 Å². The van der Waals surface area contributed by atoms with Gasteiger partial charge in [0.1, 0.15) is 5.76 Å². The van der Waals surface area contributed by atoms with E-state index in [0.717, 1.165) is 21.4 Å². The Morgan fingerprint density at radius 2 is 2.26 bits per heavy atom. The van der Waals surface area contributed by atoms with E-state index in [4.69, 9.17) is 4.42 Å². The van der Waals surface area contributed by atoms with Crippen molar-refractivity contribution in [1.29, 1.82) is 0 Å². The van der Waals surface area contributed by atoms with Gasteiger partial charge in [-0.25, -0.2) is 0 Å². The number of amides is 1. The maximum atomic E-state index is 12.5. The molecule has 0 aliphatic carbocycles. The van der Waals surface area contributed by atoms with Gasteiger partial charge in [-0.3, -0.25) is 9.59 Å². The molecule has 3 aromatic rings. The maximum Gasteiger partial charge on any atom is 0.231 e. The molecule has 0 saturated heterocycles. The highest BCUT2D eigenvalue weighted by Gasteiger charge is 2.24. The Morgan fingerprint density at radius 1 is 1.37 bits per heavy atom. The van der Waals surface area contributed by atoms with Crippen molar-refractivity contribution in [2.75, 3.05) is 23.0 Å². The van der Waals surface area contributed by atoms with Crippen LogP contribution in [-0.4, -0.2) is 34.7 Å². The van der Waals surface area contributed by atoms with E-state index < -0.39 is 0 Å². The zero-order valence-electron chi connectivity index (χ0n) is 14.5. The molecule has 7 nitrogen and oxygen atoms in total. The second-order valence-corrected chi connectivity index (χ2v) is 8.19. The Morgan fingerprint density at radius 3 is 3.07 bits per heavy atom. The lowest BCUT2D eigenvalue weighted by atomic mass is 10.1. The first-order chi connectivity index (χ1) is 13.1. The molecule has 4 rings (SSSR count). The van der Waals surface area contributed by atoms with E-state index in [2.05, 4.69) is 15.5 Å². The van der Waals surface area contributed by atoms with Crippen molar-refractivity contribution in [3.63, 3.8) is 0 Å². The molecular formula is C18H16N4O3S2. The van der Waals surface area contributed by atoms with Crippen LogP contribution in [0.1, 0.15) is 21.7 Å². The SMILES string of the molecule is CN1C(=O)Cc2cc(C(=O)CSc3nnc(NCc4ccco4)s3)ccc21. The van der Waals surface area contributed by atoms with Crippen LogP contribution in [0.3, 0.4) is 0 Å². The zero-order valence-corrected chi connectivity index (χ0v) is 16.1. The lowest BCUT2D eigenvalue weighted by molar-refractivity contribution is -0.117. The van der Waals surface area contributed by atoms with E-state index >= 15 is 0 Å². The van der Waals surface area contributed by atoms with Crippen LogP contribution in [0.25, 0.3) is 0 Å². The summed E-state index contributed by atoms with van der Waals surface area (Å²) in [6.45, 7) is 0.535. The number of nitrogens with zero attached hydrogens (tertiary/aromatic N) is 3. The molecule has 1 aliphatic heterocycles. The second-order valence-electron chi connectivity index (χ2n) is 5.99. The predicted molar refractivity (Wildman–Crippen MR) is 105 cm³/mol. The number of thioether (sulfide) groups is 1. The molecule has 27 heavy (non-hydrogen) atoms. The highest BCUT2D eigenvalue weighted by Crippen LogP contribution is 2.30. The monoisotopic (exact) mass is 400 g/mol. The Hall–Kier alpha value is -2.65. The summed E-state index contributed by atoms with van der Waals surface area (Å²) in [5, 5.41) is 12.0. The normalized spacial score (nSPS) is 13.1. The van der Waals surface area contributed by atoms with Crippen LogP contribution in [0.5, 0.6) is 0 Å². The van der Waals surface area contributed by atoms with Crippen LogP contribution >= 0.6 is 23.1 Å². The van der Waals surface area contributed by atoms with Crippen LogP contribution in [0.4, 0.5) is 10.8 Å². The second kappa shape index (κ2) is 7.53. The van der Waals surface area contributed by atoms with Gasteiger partial charge in [0.2, 0.25) is 11.0 Å². The smallest absolute Gasteiger partial charge is 0.231 e. The number of benzene rings is 1. The molecule has 138 valence electrons. The van der Waals surface area contributed by atoms with E-state index in [-0.39, 0.29) is 17.4 Å². The lowest BCUT2D eigenvalue weighted by Crippen LogP contribution is -2.20. The molecule has 1 amide bonds. The molecule has 1 aliphatic rings. The van der Waals surface area contributed by atoms with Crippen LogP contribution in [-0.2, 0) is 17.8 Å². The molecule has 0 spiro atoms. The lowest BCUT2D eigenvalue weighted by Gasteiger charge is -2.10. The summed E-state index contributed by atoms with van der Waals surface area (Å²) >= 11 is 2.75. The fraction of sp³-hybridized carbons (Fsp3) is 0.222. The van der Waals surface area contributed by atoms with Gasteiger partial charge < -0.3 is 14.6 Å². The number of ketones is 1. The van der Waals surface area contributed by atoms with E-state index in [1.54, 1.807) is 24.3 Å². The van der Waals surface area contributed by atoms with Gasteiger partial charge in [0.15, 0.2) is 10.1 Å². The number of rotatable bonds is 7. The van der Waals surface area contributed by atoms with Gasteiger partial charge in [0.05, 0.1) is 25.0 Å². The minimum atomic E-state index is 0.00472. The number of hydrogen-bond donors (Lipinski definition) is 1. The first kappa shape index (κ1) is 17.7. The molecular weight excluding hydrogens is 384 g/mol. The molecule has 0 radical (unpaired) electrons. The number of furan rings is 1. The molecule has 0 bridgehead atoms. The first-order valence-corrected chi connectivity index (χ1v) is 10.1. The van der Waals surface area contributed by atoms with Crippen molar-refractivity contribution in [2.24, 2.45) is 0 Å². The Balaban J connectivity index is 1.33. The predicted octanol–water partition coefficient (Wildman–Crippen LogP) is 3.24.